The number of nitrogens with zero attached hydrogens (tertiary/aromatic N) is 3. The van der Waals surface area contributed by atoms with E-state index in [1.807, 2.05) is 36.4 Å². The zero-order valence-corrected chi connectivity index (χ0v) is 39.6. The first kappa shape index (κ1) is 57.2. The van der Waals surface area contributed by atoms with E-state index in [-0.39, 0.29) is 35.7 Å². The fourth-order valence-corrected chi connectivity index (χ4v) is 7.65. The van der Waals surface area contributed by atoms with E-state index in [0.29, 0.717) is 28.8 Å². The highest BCUT2D eigenvalue weighted by atomic mass is 79.9. The first-order chi connectivity index (χ1) is 31.2. The van der Waals surface area contributed by atoms with E-state index in [1.165, 1.54) is 17.8 Å². The summed E-state index contributed by atoms with van der Waals surface area (Å²) in [7, 11) is 0.657. The highest BCUT2D eigenvalue weighted by molar-refractivity contribution is 9.11. The van der Waals surface area contributed by atoms with Gasteiger partial charge in [0.1, 0.15) is 23.1 Å². The Morgan fingerprint density at radius 2 is 0.940 bits per heavy atom. The van der Waals surface area contributed by atoms with Crippen molar-refractivity contribution >= 4 is 91.2 Å². The predicted molar refractivity (Wildman–Crippen MR) is 234 cm³/mol. The minimum atomic E-state index is -4.24. The monoisotopic (exact) mass is 1190 g/mol. The van der Waals surface area contributed by atoms with Gasteiger partial charge >= 0.3 is 5.97 Å². The second kappa shape index (κ2) is 26.4. The van der Waals surface area contributed by atoms with Crippen molar-refractivity contribution in [2.24, 2.45) is 5.73 Å². The number of thioether (sulfide) groups is 1. The van der Waals surface area contributed by atoms with Gasteiger partial charge in [-0.05, 0) is 114 Å². The molecule has 0 bridgehead atoms. The maximum atomic E-state index is 13.1. The predicted octanol–water partition coefficient (Wildman–Crippen LogP) is 12.7. The van der Waals surface area contributed by atoms with E-state index in [0.717, 1.165) is 48.0 Å². The van der Waals surface area contributed by atoms with E-state index in [1.54, 1.807) is 6.07 Å². The SMILES string of the molecule is N#Cc1cc(F)c(F)cc1Br.N#Cc1cc(F)c(F)cc1S(=O)(=O)Cl.N#Cc1cc(F)c(F)cc1SCc1ccccc1.NC(=O)c1cc(F)c(F)cc1Br.O=C(O)c1cc(F)c(F)cc1Br. The second-order valence-electron chi connectivity index (χ2n) is 12.0. The Morgan fingerprint density at radius 3 is 1.39 bits per heavy atom. The lowest BCUT2D eigenvalue weighted by atomic mass is 10.2. The van der Waals surface area contributed by atoms with Gasteiger partial charge in [-0.2, -0.15) is 15.8 Å². The van der Waals surface area contributed by atoms with Crippen LogP contribution in [0.25, 0.3) is 0 Å². The maximum absolute atomic E-state index is 13.1. The largest absolute Gasteiger partial charge is 0.478 e. The topological polar surface area (TPSA) is 186 Å². The van der Waals surface area contributed by atoms with Crippen LogP contribution in [-0.4, -0.2) is 25.4 Å². The van der Waals surface area contributed by atoms with E-state index in [9.17, 15) is 61.9 Å². The third-order valence-corrected chi connectivity index (χ3v) is 11.9. The van der Waals surface area contributed by atoms with Crippen LogP contribution < -0.4 is 5.73 Å². The number of carboxylic acid groups (broad SMARTS) is 1. The Hall–Kier alpha value is -5.94. The number of benzene rings is 6. The number of nitriles is 3. The number of primary amides is 1. The summed E-state index contributed by atoms with van der Waals surface area (Å²) in [6.45, 7) is 0. The third-order valence-electron chi connectivity index (χ3n) is 7.43. The quantitative estimate of drug-likeness (QED) is 0.0708. The van der Waals surface area contributed by atoms with Crippen molar-refractivity contribution in [1.82, 2.24) is 0 Å². The van der Waals surface area contributed by atoms with Crippen LogP contribution in [0.4, 0.5) is 43.9 Å². The normalized spacial score (nSPS) is 10.1. The molecule has 25 heteroatoms. The standard InChI is InChI=1S/C14H9F2NS.C7H4BrF2NO.C7H2BrF2N.C7H3BrF2O2.C7H2ClF2NO2S/c15-12-6-11(8-17)14(7-13(12)16)18-9-10-4-2-1-3-5-10;8-4-2-6(10)5(9)1-3(4)7(11)12;8-5-2-7(10)6(9)1-4(5)3-11;8-4-2-6(10)5(9)1-3(4)7(11)12;8-14(12,13)7-2-6(10)5(9)1-4(7)3-11/h1-7H,9H2;1-2H,(H2,11,12);1-2H;1-2H,(H,11,12);1-2H. The first-order valence-electron chi connectivity index (χ1n) is 17.0. The molecule has 1 amide bonds. The van der Waals surface area contributed by atoms with E-state index < -0.39 is 89.6 Å². The molecule has 0 atom stereocenters. The molecule has 3 N–H and O–H groups in total. The number of halogens is 14. The van der Waals surface area contributed by atoms with Crippen LogP contribution in [0.2, 0.25) is 0 Å². The van der Waals surface area contributed by atoms with Crippen LogP contribution in [0.5, 0.6) is 0 Å². The van der Waals surface area contributed by atoms with Gasteiger partial charge in [0.15, 0.2) is 58.2 Å². The first-order valence-corrected chi connectivity index (χ1v) is 22.7. The number of rotatable bonds is 6. The van der Waals surface area contributed by atoms with Crippen molar-refractivity contribution in [3.8, 4) is 18.2 Å². The molecule has 0 saturated carbocycles. The summed E-state index contributed by atoms with van der Waals surface area (Å²) in [6.07, 6.45) is 0. The summed E-state index contributed by atoms with van der Waals surface area (Å²) >= 11 is 9.90. The van der Waals surface area contributed by atoms with Gasteiger partial charge in [-0.1, -0.05) is 30.3 Å². The molecule has 348 valence electrons. The van der Waals surface area contributed by atoms with Gasteiger partial charge in [-0.15, -0.1) is 11.8 Å². The Labute approximate surface area is 406 Å². The average molecular weight is 1190 g/mol. The van der Waals surface area contributed by atoms with Crippen molar-refractivity contribution in [1.29, 1.82) is 15.8 Å². The minimum Gasteiger partial charge on any atom is -0.478 e. The molecule has 6 aromatic rings. The zero-order valence-electron chi connectivity index (χ0n) is 32.5. The molecule has 9 nitrogen and oxygen atoms in total. The van der Waals surface area contributed by atoms with Gasteiger partial charge in [-0.25, -0.2) is 57.1 Å². The van der Waals surface area contributed by atoms with Gasteiger partial charge in [0, 0.05) is 34.7 Å². The van der Waals surface area contributed by atoms with E-state index >= 15 is 0 Å². The van der Waals surface area contributed by atoms with Gasteiger partial charge in [-0.3, -0.25) is 4.79 Å². The fraction of sp³-hybridized carbons (Fsp3) is 0.0238. The number of amides is 1. The molecule has 0 aliphatic carbocycles. The van der Waals surface area contributed by atoms with Crippen molar-refractivity contribution in [2.75, 3.05) is 0 Å². The lowest BCUT2D eigenvalue weighted by Gasteiger charge is -2.05. The van der Waals surface area contributed by atoms with E-state index in [2.05, 4.69) is 47.8 Å². The second-order valence-corrected chi connectivity index (χ2v) is 18.1. The molecule has 0 aliphatic rings. The maximum Gasteiger partial charge on any atom is 0.336 e. The molecule has 0 radical (unpaired) electrons. The van der Waals surface area contributed by atoms with Crippen LogP contribution in [0.3, 0.4) is 0 Å². The van der Waals surface area contributed by atoms with Crippen molar-refractivity contribution in [3.63, 3.8) is 0 Å². The number of aromatic carboxylic acids is 1. The molecule has 0 spiro atoms. The van der Waals surface area contributed by atoms with Crippen LogP contribution in [-0.2, 0) is 14.8 Å². The summed E-state index contributed by atoms with van der Waals surface area (Å²) in [5.41, 5.74) is 5.29. The van der Waals surface area contributed by atoms with Gasteiger partial charge in [0.25, 0.3) is 9.05 Å². The fourth-order valence-electron chi connectivity index (χ4n) is 4.29. The molecule has 67 heavy (non-hydrogen) atoms. The summed E-state index contributed by atoms with van der Waals surface area (Å²) < 4.78 is 148. The van der Waals surface area contributed by atoms with Crippen LogP contribution in [0, 0.1) is 92.2 Å². The summed E-state index contributed by atoms with van der Waals surface area (Å²) in [4.78, 5) is 20.7. The Kier molecular flexibility index (Phi) is 22.5. The van der Waals surface area contributed by atoms with Crippen molar-refractivity contribution < 1.29 is 67.0 Å². The smallest absolute Gasteiger partial charge is 0.336 e. The number of hydrogen-bond acceptors (Lipinski definition) is 8. The molecule has 0 saturated heterocycles. The van der Waals surface area contributed by atoms with Crippen molar-refractivity contribution in [2.45, 2.75) is 15.5 Å². The lowest BCUT2D eigenvalue weighted by Crippen LogP contribution is -2.12. The van der Waals surface area contributed by atoms with Crippen molar-refractivity contribution in [3.05, 3.63) is 196 Å². The molecule has 0 heterocycles. The highest BCUT2D eigenvalue weighted by Crippen LogP contribution is 2.28. The molecule has 0 unspecified atom stereocenters. The molecule has 0 aromatic heterocycles. The Bertz CT molecular complexity index is 3000. The molecule has 0 aliphatic heterocycles. The van der Waals surface area contributed by atoms with Crippen LogP contribution >= 0.6 is 70.2 Å². The number of hydrogen-bond donors (Lipinski definition) is 2. The summed E-state index contributed by atoms with van der Waals surface area (Å²) in [6, 6.07) is 22.2. The molecule has 6 aromatic carbocycles. The number of carbonyl (C=O) groups excluding carboxylic acids is 1. The number of carbonyl (C=O) groups is 2. The molecular formula is C42H20Br3ClF10N4O5S2. The third kappa shape index (κ3) is 17.7. The van der Waals surface area contributed by atoms with Crippen LogP contribution in [0.15, 0.2) is 114 Å². The van der Waals surface area contributed by atoms with Gasteiger partial charge in [0.05, 0.1) is 27.8 Å². The molecular weight excluding hydrogens is 1170 g/mol. The summed E-state index contributed by atoms with van der Waals surface area (Å²) in [5.74, 6) is -12.4. The number of nitrogens with two attached hydrogens (primary N) is 1. The molecule has 6 rings (SSSR count). The van der Waals surface area contributed by atoms with Gasteiger partial charge < -0.3 is 10.8 Å². The number of carboxylic acids is 1. The highest BCUT2D eigenvalue weighted by Gasteiger charge is 2.19. The Balaban J connectivity index is 0.000000291. The average Bonchev–Trinajstić information content (AvgIpc) is 3.26. The summed E-state index contributed by atoms with van der Waals surface area (Å²) in [5, 5.41) is 34.1. The van der Waals surface area contributed by atoms with E-state index in [4.69, 9.17) is 37.3 Å². The minimum absolute atomic E-state index is 0.0221. The van der Waals surface area contributed by atoms with Crippen LogP contribution in [0.1, 0.15) is 43.0 Å². The zero-order chi connectivity index (χ0) is 50.9. The lowest BCUT2D eigenvalue weighted by molar-refractivity contribution is 0.0694. The Morgan fingerprint density at radius 1 is 0.567 bits per heavy atom. The molecule has 0 fully saturated rings. The van der Waals surface area contributed by atoms with Gasteiger partial charge in [0.2, 0.25) is 5.91 Å².